The first kappa shape index (κ1) is 51.7. The number of nitrogens with one attached hydrogen (secondary N) is 3. The van der Waals surface area contributed by atoms with Gasteiger partial charge in [-0.15, -0.1) is 0 Å². The maximum atomic E-state index is 15.1. The highest BCUT2D eigenvalue weighted by Crippen LogP contribution is 2.30. The molecule has 15 heteroatoms. The lowest BCUT2D eigenvalue weighted by molar-refractivity contribution is -0.146. The van der Waals surface area contributed by atoms with Gasteiger partial charge in [-0.1, -0.05) is 133 Å². The quantitative estimate of drug-likeness (QED) is 0.0729. The van der Waals surface area contributed by atoms with E-state index in [4.69, 9.17) is 9.47 Å². The molecule has 1 unspecified atom stereocenters. The van der Waals surface area contributed by atoms with Crippen LogP contribution in [0.1, 0.15) is 64.7 Å². The minimum Gasteiger partial charge on any atom is -0.480 e. The molecular formula is C52H69N7O8. The number of likely N-dealkylation sites (N-methyl/N-ethyl adjacent to an activating group) is 1. The van der Waals surface area contributed by atoms with Crippen molar-refractivity contribution < 1.29 is 38.6 Å². The lowest BCUT2D eigenvalue weighted by Crippen LogP contribution is -2.60. The second-order valence-corrected chi connectivity index (χ2v) is 19.6. The number of pyridine rings is 1. The number of alkyl carbamates (subject to hydrolysis) is 1. The number of hydrogen-bond donors (Lipinski definition) is 4. The number of carboxylic acid groups (broad SMARTS) is 1. The number of urea groups is 1. The maximum absolute atomic E-state index is 15.1. The standard InChI is InChI=1S/C52H69N7O8/c1-51(2,3)44(56-49(64)66-9)46(60)54-39(30-36-23-25-38(26-24-36)40-22-16-17-27-53-40)32-43(67-34-42(48(62)63)57(7)8)41(31-35-18-12-10-13-19-35)55-47(61)45(52(4,5)6)59-29-28-58(50(59)65)33-37-20-14-11-15-21-37/h10-27,39,41-45H,28-34H2,1-9H3,(H,54,60)(H,55,61)(H,56,64)(H,62,63)/t39-,41-,42?,43-,44+,45+/m0/s1. The summed E-state index contributed by atoms with van der Waals surface area (Å²) in [6, 6.07) is 28.2. The summed E-state index contributed by atoms with van der Waals surface area (Å²) in [5.41, 5.74) is 3.00. The summed E-state index contributed by atoms with van der Waals surface area (Å²) in [7, 11) is 4.54. The number of benzene rings is 3. The summed E-state index contributed by atoms with van der Waals surface area (Å²) < 4.78 is 11.6. The van der Waals surface area contributed by atoms with Gasteiger partial charge in [0.2, 0.25) is 11.8 Å². The van der Waals surface area contributed by atoms with Gasteiger partial charge in [-0.3, -0.25) is 24.3 Å². The van der Waals surface area contributed by atoms with Crippen molar-refractivity contribution in [1.29, 1.82) is 0 Å². The number of methoxy groups -OCH3 is 1. The monoisotopic (exact) mass is 920 g/mol. The Morgan fingerprint density at radius 2 is 1.36 bits per heavy atom. The number of nitrogens with zero attached hydrogens (tertiary/aromatic N) is 4. The van der Waals surface area contributed by atoms with Crippen LogP contribution in [0, 0.1) is 10.8 Å². The van der Waals surface area contributed by atoms with E-state index in [0.717, 1.165) is 27.9 Å². The van der Waals surface area contributed by atoms with E-state index in [9.17, 15) is 24.3 Å². The zero-order valence-electron chi connectivity index (χ0n) is 40.4. The van der Waals surface area contributed by atoms with Crippen LogP contribution >= 0.6 is 0 Å². The van der Waals surface area contributed by atoms with Crippen LogP contribution in [0.4, 0.5) is 9.59 Å². The van der Waals surface area contributed by atoms with Gasteiger partial charge >= 0.3 is 18.1 Å². The molecule has 1 aromatic heterocycles. The molecule has 0 radical (unpaired) electrons. The molecule has 0 saturated carbocycles. The van der Waals surface area contributed by atoms with Crippen molar-refractivity contribution in [2.75, 3.05) is 40.9 Å². The topological polar surface area (TPSA) is 183 Å². The SMILES string of the molecule is COC(=O)N[C@H](C(=O)N[C@@H](Cc1ccc(-c2ccccn2)cc1)C[C@H](OCC(C(=O)O)N(C)C)[C@H](Cc1ccccc1)NC(=O)[C@@H](N1CCN(Cc2ccccc2)C1=O)C(C)(C)C)C(C)(C)C. The van der Waals surface area contributed by atoms with E-state index in [1.165, 1.54) is 7.11 Å². The molecule has 1 fully saturated rings. The second-order valence-electron chi connectivity index (χ2n) is 19.6. The van der Waals surface area contributed by atoms with Crippen molar-refractivity contribution in [3.05, 3.63) is 126 Å². The number of ether oxygens (including phenoxy) is 2. The van der Waals surface area contributed by atoms with Crippen LogP contribution in [0.25, 0.3) is 11.3 Å². The molecule has 15 nitrogen and oxygen atoms in total. The normalized spacial score (nSPS) is 15.8. The molecule has 5 amide bonds. The van der Waals surface area contributed by atoms with Crippen molar-refractivity contribution in [3.63, 3.8) is 0 Å². The van der Waals surface area contributed by atoms with Gasteiger partial charge < -0.3 is 40.3 Å². The molecule has 2 heterocycles. The number of carbonyl (C=O) groups excluding carboxylic acids is 4. The van der Waals surface area contributed by atoms with E-state index in [-0.39, 0.29) is 31.4 Å². The molecule has 0 aliphatic carbocycles. The molecular weight excluding hydrogens is 851 g/mol. The number of aromatic nitrogens is 1. The van der Waals surface area contributed by atoms with E-state index in [1.54, 1.807) is 35.0 Å². The second kappa shape index (κ2) is 23.4. The molecule has 6 atom stereocenters. The van der Waals surface area contributed by atoms with Gasteiger partial charge in [0.15, 0.2) is 0 Å². The zero-order valence-corrected chi connectivity index (χ0v) is 40.4. The summed E-state index contributed by atoms with van der Waals surface area (Å²) in [6.07, 6.45) is 0.751. The van der Waals surface area contributed by atoms with Gasteiger partial charge in [0.1, 0.15) is 18.1 Å². The van der Waals surface area contributed by atoms with Gasteiger partial charge in [0.25, 0.3) is 0 Å². The summed E-state index contributed by atoms with van der Waals surface area (Å²) in [6.45, 7) is 12.2. The molecule has 67 heavy (non-hydrogen) atoms. The third kappa shape index (κ3) is 14.8. The van der Waals surface area contributed by atoms with E-state index >= 15 is 4.79 Å². The molecule has 3 aromatic carbocycles. The lowest BCUT2D eigenvalue weighted by Gasteiger charge is -2.39. The van der Waals surface area contributed by atoms with Gasteiger partial charge in [-0.2, -0.15) is 0 Å². The fourth-order valence-electron chi connectivity index (χ4n) is 8.44. The number of amides is 5. The van der Waals surface area contributed by atoms with Crippen LogP contribution < -0.4 is 16.0 Å². The van der Waals surface area contributed by atoms with E-state index in [2.05, 4.69) is 20.9 Å². The molecule has 0 spiro atoms. The Bertz CT molecular complexity index is 2230. The molecule has 360 valence electrons. The molecule has 1 aliphatic heterocycles. The van der Waals surface area contributed by atoms with Crippen molar-refractivity contribution in [2.24, 2.45) is 10.8 Å². The van der Waals surface area contributed by atoms with Crippen molar-refractivity contribution in [2.45, 2.75) is 104 Å². The first-order valence-electron chi connectivity index (χ1n) is 22.8. The Labute approximate surface area is 395 Å². The van der Waals surface area contributed by atoms with Gasteiger partial charge in [0, 0.05) is 37.4 Å². The molecule has 0 bridgehead atoms. The Morgan fingerprint density at radius 3 is 1.91 bits per heavy atom. The van der Waals surface area contributed by atoms with Crippen molar-refractivity contribution >= 4 is 29.9 Å². The Morgan fingerprint density at radius 1 is 0.746 bits per heavy atom. The highest BCUT2D eigenvalue weighted by Gasteiger charge is 2.45. The highest BCUT2D eigenvalue weighted by molar-refractivity contribution is 5.89. The predicted octanol–water partition coefficient (Wildman–Crippen LogP) is 6.42. The minimum absolute atomic E-state index is 0.105. The first-order valence-corrected chi connectivity index (χ1v) is 22.8. The summed E-state index contributed by atoms with van der Waals surface area (Å²) in [5.74, 6) is -1.94. The number of aliphatic carboxylic acids is 1. The number of carbonyl (C=O) groups is 5. The smallest absolute Gasteiger partial charge is 0.407 e. The maximum Gasteiger partial charge on any atom is 0.407 e. The van der Waals surface area contributed by atoms with Gasteiger partial charge in [0.05, 0.1) is 31.6 Å². The molecule has 1 saturated heterocycles. The van der Waals surface area contributed by atoms with E-state index in [0.29, 0.717) is 26.1 Å². The fourth-order valence-corrected chi connectivity index (χ4v) is 8.44. The van der Waals surface area contributed by atoms with Crippen LogP contribution in [0.15, 0.2) is 109 Å². The average Bonchev–Trinajstić information content (AvgIpc) is 3.62. The fraction of sp³-hybridized carbons (Fsp3) is 0.462. The molecule has 1 aliphatic rings. The van der Waals surface area contributed by atoms with E-state index in [1.807, 2.05) is 145 Å². The van der Waals surface area contributed by atoms with Crippen LogP contribution in [-0.2, 0) is 43.2 Å². The molecule has 5 rings (SSSR count). The van der Waals surface area contributed by atoms with Gasteiger partial charge in [-0.25, -0.2) is 9.59 Å². The van der Waals surface area contributed by atoms with Crippen LogP contribution in [0.5, 0.6) is 0 Å². The average molecular weight is 920 g/mol. The number of rotatable bonds is 21. The minimum atomic E-state index is -1.09. The molecule has 4 aromatic rings. The Hall–Kier alpha value is -6.32. The predicted molar refractivity (Wildman–Crippen MR) is 258 cm³/mol. The largest absolute Gasteiger partial charge is 0.480 e. The lowest BCUT2D eigenvalue weighted by atomic mass is 9.84. The first-order chi connectivity index (χ1) is 31.7. The number of hydrogen-bond acceptors (Lipinski definition) is 9. The van der Waals surface area contributed by atoms with Crippen LogP contribution in [0.3, 0.4) is 0 Å². The summed E-state index contributed by atoms with van der Waals surface area (Å²) in [4.78, 5) is 78.3. The summed E-state index contributed by atoms with van der Waals surface area (Å²) in [5, 5.41) is 19.5. The number of carboxylic acids is 1. The Balaban J connectivity index is 1.56. The third-order valence-electron chi connectivity index (χ3n) is 12.0. The van der Waals surface area contributed by atoms with Crippen LogP contribution in [-0.4, -0.2) is 132 Å². The Kier molecular flexibility index (Phi) is 18.1. The third-order valence-corrected chi connectivity index (χ3v) is 12.0. The van der Waals surface area contributed by atoms with Crippen molar-refractivity contribution in [3.8, 4) is 11.3 Å². The van der Waals surface area contributed by atoms with E-state index < -0.39 is 65.1 Å². The van der Waals surface area contributed by atoms with Gasteiger partial charge in [-0.05, 0) is 73.0 Å². The highest BCUT2D eigenvalue weighted by atomic mass is 16.5. The van der Waals surface area contributed by atoms with Crippen LogP contribution in [0.2, 0.25) is 0 Å². The zero-order chi connectivity index (χ0) is 48.9. The molecule has 4 N–H and O–H groups in total. The summed E-state index contributed by atoms with van der Waals surface area (Å²) >= 11 is 0. The van der Waals surface area contributed by atoms with Crippen molar-refractivity contribution in [1.82, 2.24) is 35.6 Å².